The molecule has 4 aliphatic carbocycles. The van der Waals surface area contributed by atoms with Crippen LogP contribution in [-0.2, 0) is 14.3 Å². The van der Waals surface area contributed by atoms with Crippen molar-refractivity contribution in [3.05, 3.63) is 42.5 Å². The Labute approximate surface area is 311 Å². The molecule has 2 bridgehead atoms. The van der Waals surface area contributed by atoms with Crippen molar-refractivity contribution in [3.8, 4) is 11.4 Å². The van der Waals surface area contributed by atoms with Gasteiger partial charge in [0, 0.05) is 28.9 Å². The van der Waals surface area contributed by atoms with Crippen molar-refractivity contribution in [2.75, 3.05) is 19.8 Å². The van der Waals surface area contributed by atoms with Gasteiger partial charge in [0.2, 0.25) is 0 Å². The molecule has 4 fully saturated rings. The molecule has 0 spiro atoms. The number of aromatic nitrogens is 4. The van der Waals surface area contributed by atoms with Gasteiger partial charge in [0.15, 0.2) is 5.82 Å². The molecule has 9 nitrogen and oxygen atoms in total. The quantitative estimate of drug-likeness (QED) is 0.249. The minimum Gasteiger partial charge on any atom is -0.481 e. The Morgan fingerprint density at radius 3 is 2.44 bits per heavy atom. The molecule has 0 amide bonds. The van der Waals surface area contributed by atoms with E-state index < -0.39 is 28.3 Å². The van der Waals surface area contributed by atoms with Gasteiger partial charge in [-0.2, -0.15) is 5.10 Å². The summed E-state index contributed by atoms with van der Waals surface area (Å²) in [5.41, 5.74) is 7.47. The third-order valence-electron chi connectivity index (χ3n) is 16.7. The second-order valence-corrected chi connectivity index (χ2v) is 19.8. The first kappa shape index (κ1) is 37.7. The van der Waals surface area contributed by atoms with Gasteiger partial charge in [-0.15, -0.1) is 0 Å². The number of carboxylic acid groups (broad SMARTS) is 1. The summed E-state index contributed by atoms with van der Waals surface area (Å²) in [6.07, 6.45) is 13.2. The molecule has 0 unspecified atom stereocenters. The van der Waals surface area contributed by atoms with E-state index in [0.29, 0.717) is 37.6 Å². The number of allylic oxidation sites excluding steroid dienone is 1. The van der Waals surface area contributed by atoms with Crippen LogP contribution in [0.2, 0.25) is 0 Å². The SMILES string of the molecule is CC(C)[C@@H](C)[C@@]1(C)CC[C@]2(C)[C@H]3CC[C@@H]4[C@@]5(C)COC[C@@]4(C3=CC[C@@]2(C)[C@@H]1C(=O)O)[C@@H](OC[C@](C)(N)C(C)C)[C@H](n1ncnc1-c1ccncc1)C5. The predicted octanol–water partition coefficient (Wildman–Crippen LogP) is 8.23. The van der Waals surface area contributed by atoms with Crippen molar-refractivity contribution >= 4 is 5.97 Å². The van der Waals surface area contributed by atoms with Crippen molar-refractivity contribution in [1.82, 2.24) is 19.7 Å². The van der Waals surface area contributed by atoms with Crippen molar-refractivity contribution in [2.24, 2.45) is 68.3 Å². The van der Waals surface area contributed by atoms with Crippen LogP contribution >= 0.6 is 0 Å². The molecule has 2 aromatic rings. The fourth-order valence-corrected chi connectivity index (χ4v) is 12.7. The zero-order valence-corrected chi connectivity index (χ0v) is 33.5. The first-order chi connectivity index (χ1) is 24.4. The summed E-state index contributed by atoms with van der Waals surface area (Å²) in [6, 6.07) is 3.90. The molecular formula is C43H65N5O4. The average Bonchev–Trinajstić information content (AvgIpc) is 3.58. The smallest absolute Gasteiger partial charge is 0.307 e. The van der Waals surface area contributed by atoms with Gasteiger partial charge in [-0.1, -0.05) is 74.0 Å². The number of hydrogen-bond acceptors (Lipinski definition) is 7. The minimum absolute atomic E-state index is 0.104. The second-order valence-electron chi connectivity index (χ2n) is 19.8. The van der Waals surface area contributed by atoms with Crippen LogP contribution in [0.25, 0.3) is 11.4 Å². The van der Waals surface area contributed by atoms with Crippen molar-refractivity contribution < 1.29 is 19.4 Å². The molecule has 1 aliphatic heterocycles. The lowest BCUT2D eigenvalue weighted by Crippen LogP contribution is -2.70. The second kappa shape index (κ2) is 12.7. The Bertz CT molecular complexity index is 1690. The number of rotatable bonds is 9. The van der Waals surface area contributed by atoms with Gasteiger partial charge in [-0.05, 0) is 109 Å². The first-order valence-corrected chi connectivity index (χ1v) is 20.1. The number of nitrogens with zero attached hydrogens (tertiary/aromatic N) is 4. The van der Waals surface area contributed by atoms with Crippen molar-refractivity contribution in [3.63, 3.8) is 0 Å². The Morgan fingerprint density at radius 1 is 1.08 bits per heavy atom. The number of nitrogens with two attached hydrogens (primary N) is 1. The van der Waals surface area contributed by atoms with Crippen molar-refractivity contribution in [1.29, 1.82) is 0 Å². The standard InChI is InChI=1S/C43H65N5O4/c1-26(2)28(5)39(7)17-18-40(8)30-11-12-33-38(6)21-32(48-36(46-25-47-48)29-14-19-45-20-15-29)35(52-23-42(10,44)27(3)4)43(33,24-51-22-38)31(30)13-16-41(40,9)34(39)37(49)50/h13-15,19-20,25-28,30,32-35H,11-12,16-18,21-24,44H2,1-10H3,(H,49,50)/t28-,30+,32-,33-,34-,35+,38-,39-,40-,41+,42+,43+/m1/s1. The number of carboxylic acids is 1. The number of ether oxygens (including phenoxy) is 2. The lowest BCUT2D eigenvalue weighted by atomic mass is 9.34. The van der Waals surface area contributed by atoms with E-state index in [1.165, 1.54) is 5.57 Å². The molecule has 0 radical (unpaired) electrons. The molecule has 3 saturated carbocycles. The Kier molecular flexibility index (Phi) is 9.22. The van der Waals surface area contributed by atoms with Crippen LogP contribution in [0.3, 0.4) is 0 Å². The largest absolute Gasteiger partial charge is 0.481 e. The van der Waals surface area contributed by atoms with E-state index in [-0.39, 0.29) is 40.2 Å². The molecular weight excluding hydrogens is 651 g/mol. The van der Waals surface area contributed by atoms with E-state index in [0.717, 1.165) is 49.9 Å². The Balaban J connectivity index is 1.40. The molecule has 9 heteroatoms. The van der Waals surface area contributed by atoms with E-state index in [1.807, 2.05) is 24.5 Å². The highest BCUT2D eigenvalue weighted by molar-refractivity contribution is 5.73. The van der Waals surface area contributed by atoms with Gasteiger partial charge in [0.25, 0.3) is 0 Å². The van der Waals surface area contributed by atoms with E-state index in [9.17, 15) is 9.90 Å². The van der Waals surface area contributed by atoms with Crippen molar-refractivity contribution in [2.45, 2.75) is 125 Å². The van der Waals surface area contributed by atoms with Crippen LogP contribution in [-0.4, -0.2) is 62.3 Å². The minimum atomic E-state index is -0.634. The van der Waals surface area contributed by atoms with Gasteiger partial charge in [-0.25, -0.2) is 9.67 Å². The average molecular weight is 716 g/mol. The maximum Gasteiger partial charge on any atom is 0.307 e. The van der Waals surface area contributed by atoms with E-state index in [4.69, 9.17) is 25.3 Å². The fraction of sp³-hybridized carbons (Fsp3) is 0.767. The van der Waals surface area contributed by atoms with Gasteiger partial charge < -0.3 is 20.3 Å². The van der Waals surface area contributed by atoms with E-state index in [2.05, 4.69) is 85.0 Å². The number of carbonyl (C=O) groups is 1. The number of hydrogen-bond donors (Lipinski definition) is 2. The molecule has 7 rings (SSSR count). The number of fused-ring (bicyclic) bond motifs is 3. The van der Waals surface area contributed by atoms with Gasteiger partial charge in [0.05, 0.1) is 37.9 Å². The van der Waals surface area contributed by atoms with Crippen LogP contribution in [0, 0.1) is 62.6 Å². The summed E-state index contributed by atoms with van der Waals surface area (Å²) in [5, 5.41) is 16.1. The van der Waals surface area contributed by atoms with Gasteiger partial charge in [-0.3, -0.25) is 9.78 Å². The van der Waals surface area contributed by atoms with Crippen LogP contribution in [0.5, 0.6) is 0 Å². The molecule has 2 aromatic heterocycles. The van der Waals surface area contributed by atoms with Crippen LogP contribution < -0.4 is 5.73 Å². The third kappa shape index (κ3) is 5.25. The maximum atomic E-state index is 13.6. The highest BCUT2D eigenvalue weighted by Crippen LogP contribution is 2.75. The molecule has 3 heterocycles. The Morgan fingerprint density at radius 2 is 1.79 bits per heavy atom. The summed E-state index contributed by atoms with van der Waals surface area (Å²) in [6.45, 7) is 24.4. The van der Waals surface area contributed by atoms with Gasteiger partial charge in [0.1, 0.15) is 6.33 Å². The zero-order chi connectivity index (χ0) is 37.6. The summed E-state index contributed by atoms with van der Waals surface area (Å²) < 4.78 is 16.3. The third-order valence-corrected chi connectivity index (χ3v) is 16.7. The molecule has 286 valence electrons. The Hall–Kier alpha value is -2.62. The molecule has 1 saturated heterocycles. The summed E-state index contributed by atoms with van der Waals surface area (Å²) in [4.78, 5) is 22.7. The lowest BCUT2D eigenvalue weighted by molar-refractivity contribution is -0.254. The monoisotopic (exact) mass is 716 g/mol. The maximum absolute atomic E-state index is 13.6. The molecule has 5 aliphatic rings. The van der Waals surface area contributed by atoms with Gasteiger partial charge >= 0.3 is 5.97 Å². The highest BCUT2D eigenvalue weighted by Gasteiger charge is 2.72. The van der Waals surface area contributed by atoms with Crippen LogP contribution in [0.4, 0.5) is 0 Å². The topological polar surface area (TPSA) is 125 Å². The lowest BCUT2D eigenvalue weighted by Gasteiger charge is -2.71. The zero-order valence-electron chi connectivity index (χ0n) is 33.5. The molecule has 52 heavy (non-hydrogen) atoms. The molecule has 3 N–H and O–H groups in total. The summed E-state index contributed by atoms with van der Waals surface area (Å²) >= 11 is 0. The van der Waals surface area contributed by atoms with E-state index in [1.54, 1.807) is 6.33 Å². The molecule has 12 atom stereocenters. The highest BCUT2D eigenvalue weighted by atomic mass is 16.5. The van der Waals surface area contributed by atoms with E-state index >= 15 is 0 Å². The summed E-state index contributed by atoms with van der Waals surface area (Å²) in [7, 11) is 0. The fourth-order valence-electron chi connectivity index (χ4n) is 12.7. The predicted molar refractivity (Wildman–Crippen MR) is 203 cm³/mol. The van der Waals surface area contributed by atoms with Crippen LogP contribution in [0.1, 0.15) is 114 Å². The summed E-state index contributed by atoms with van der Waals surface area (Å²) in [5.74, 6) is 1.25. The normalized spacial score (nSPS) is 41.7. The number of pyridine rings is 1. The van der Waals surface area contributed by atoms with Crippen LogP contribution in [0.15, 0.2) is 42.5 Å². The first-order valence-electron chi connectivity index (χ1n) is 20.1. The number of aliphatic carboxylic acids is 1. The molecule has 0 aromatic carbocycles.